The number of benzene rings is 1. The van der Waals surface area contributed by atoms with Crippen molar-refractivity contribution in [3.8, 4) is 0 Å². The highest BCUT2D eigenvalue weighted by molar-refractivity contribution is 7.90. The number of ether oxygens (including phenoxy) is 1. The maximum Gasteiger partial charge on any atom is 0.338 e. The third-order valence-electron chi connectivity index (χ3n) is 4.28. The van der Waals surface area contributed by atoms with E-state index >= 15 is 0 Å². The molecule has 1 unspecified atom stereocenters. The number of aromatic nitrogens is 1. The quantitative estimate of drug-likeness (QED) is 0.615. The fourth-order valence-electron chi connectivity index (χ4n) is 3.36. The SMILES string of the molecule is CCOC(=O)c1ccnc2ccc(N3CC(C)(C[S+](C)[O-])C3)cc12. The molecule has 0 N–H and O–H groups in total. The van der Waals surface area contributed by atoms with Gasteiger partial charge in [-0.05, 0) is 31.2 Å². The molecular weight excluding hydrogens is 324 g/mol. The third kappa shape index (κ3) is 3.35. The van der Waals surface area contributed by atoms with Crippen LogP contribution in [-0.4, -0.2) is 47.2 Å². The molecule has 1 aromatic carbocycles. The second kappa shape index (κ2) is 6.61. The van der Waals surface area contributed by atoms with Crippen LogP contribution in [0.15, 0.2) is 30.5 Å². The lowest BCUT2D eigenvalue weighted by atomic mass is 9.83. The molecule has 1 aliphatic rings. The number of hydrogen-bond acceptors (Lipinski definition) is 5. The summed E-state index contributed by atoms with van der Waals surface area (Å²) in [5.74, 6) is 0.393. The van der Waals surface area contributed by atoms with Gasteiger partial charge in [0.25, 0.3) is 0 Å². The van der Waals surface area contributed by atoms with Crippen LogP contribution in [0, 0.1) is 5.41 Å². The molecule has 0 bridgehead atoms. The van der Waals surface area contributed by atoms with Crippen molar-refractivity contribution in [2.24, 2.45) is 5.41 Å². The van der Waals surface area contributed by atoms with Crippen molar-refractivity contribution in [2.45, 2.75) is 13.8 Å². The number of hydrogen-bond donors (Lipinski definition) is 0. The van der Waals surface area contributed by atoms with Gasteiger partial charge >= 0.3 is 5.97 Å². The second-order valence-electron chi connectivity index (χ2n) is 6.66. The fraction of sp³-hybridized carbons (Fsp3) is 0.444. The summed E-state index contributed by atoms with van der Waals surface area (Å²) < 4.78 is 16.6. The molecule has 1 aromatic heterocycles. The molecule has 1 atom stereocenters. The molecule has 0 saturated carbocycles. The predicted octanol–water partition coefficient (Wildman–Crippen LogP) is 2.62. The number of carbonyl (C=O) groups excluding carboxylic acids is 1. The molecule has 0 aliphatic carbocycles. The van der Waals surface area contributed by atoms with Crippen molar-refractivity contribution in [1.29, 1.82) is 0 Å². The highest BCUT2D eigenvalue weighted by atomic mass is 32.2. The molecule has 3 rings (SSSR count). The second-order valence-corrected chi connectivity index (χ2v) is 8.10. The summed E-state index contributed by atoms with van der Waals surface area (Å²) in [5, 5.41) is 0.807. The highest BCUT2D eigenvalue weighted by Gasteiger charge is 2.41. The van der Waals surface area contributed by atoms with Crippen LogP contribution in [0.3, 0.4) is 0 Å². The van der Waals surface area contributed by atoms with Gasteiger partial charge in [-0.3, -0.25) is 4.98 Å². The molecule has 0 radical (unpaired) electrons. The van der Waals surface area contributed by atoms with E-state index in [1.807, 2.05) is 18.2 Å². The Morgan fingerprint density at radius 3 is 2.83 bits per heavy atom. The van der Waals surface area contributed by atoms with Crippen LogP contribution in [-0.2, 0) is 15.9 Å². The van der Waals surface area contributed by atoms with Crippen LogP contribution < -0.4 is 4.90 Å². The van der Waals surface area contributed by atoms with Gasteiger partial charge in [0, 0.05) is 35.8 Å². The van der Waals surface area contributed by atoms with Gasteiger partial charge in [-0.25, -0.2) is 4.79 Å². The van der Waals surface area contributed by atoms with Crippen LogP contribution in [0.5, 0.6) is 0 Å². The first kappa shape index (κ1) is 17.0. The zero-order valence-electron chi connectivity index (χ0n) is 14.2. The van der Waals surface area contributed by atoms with Gasteiger partial charge in [-0.15, -0.1) is 0 Å². The van der Waals surface area contributed by atoms with Gasteiger partial charge in [0.1, 0.15) is 5.75 Å². The summed E-state index contributed by atoms with van der Waals surface area (Å²) in [6.07, 6.45) is 3.38. The maximum absolute atomic E-state index is 12.2. The summed E-state index contributed by atoms with van der Waals surface area (Å²) >= 11 is -0.787. The minimum absolute atomic E-state index is 0.0908. The number of rotatable bonds is 5. The smallest absolute Gasteiger partial charge is 0.338 e. The van der Waals surface area contributed by atoms with Crippen LogP contribution in [0.4, 0.5) is 5.69 Å². The topological polar surface area (TPSA) is 65.5 Å². The van der Waals surface area contributed by atoms with Crippen molar-refractivity contribution in [1.82, 2.24) is 4.98 Å². The summed E-state index contributed by atoms with van der Waals surface area (Å²) in [5.41, 5.74) is 2.47. The Kier molecular flexibility index (Phi) is 4.69. The van der Waals surface area contributed by atoms with Crippen LogP contribution in [0.25, 0.3) is 10.9 Å². The molecule has 1 saturated heterocycles. The Hall–Kier alpha value is -1.79. The molecule has 0 amide bonds. The average molecular weight is 346 g/mol. The van der Waals surface area contributed by atoms with E-state index in [0.29, 0.717) is 17.9 Å². The zero-order chi connectivity index (χ0) is 17.3. The first-order valence-corrected chi connectivity index (χ1v) is 9.75. The van der Waals surface area contributed by atoms with E-state index in [1.54, 1.807) is 25.4 Å². The molecule has 24 heavy (non-hydrogen) atoms. The lowest BCUT2D eigenvalue weighted by Gasteiger charge is -2.48. The Bertz CT molecular complexity index is 757. The first-order valence-electron chi connectivity index (χ1n) is 8.03. The fourth-order valence-corrected chi connectivity index (χ4v) is 4.52. The van der Waals surface area contributed by atoms with Crippen molar-refractivity contribution in [3.05, 3.63) is 36.0 Å². The predicted molar refractivity (Wildman–Crippen MR) is 97.0 cm³/mol. The zero-order valence-corrected chi connectivity index (χ0v) is 15.1. The van der Waals surface area contributed by atoms with Crippen LogP contribution in [0.1, 0.15) is 24.2 Å². The lowest BCUT2D eigenvalue weighted by Crippen LogP contribution is -2.57. The van der Waals surface area contributed by atoms with E-state index in [1.165, 1.54) is 0 Å². The number of fused-ring (bicyclic) bond motifs is 1. The molecule has 2 heterocycles. The standard InChI is InChI=1S/C18H22N2O3S/c1-4-23-17(21)14-7-8-19-16-6-5-13(9-15(14)16)20-10-18(2,11-20)12-24(3)22/h5-9H,4,10-12H2,1-3H3. The van der Waals surface area contributed by atoms with Crippen LogP contribution in [0.2, 0.25) is 0 Å². The first-order chi connectivity index (χ1) is 11.4. The summed E-state index contributed by atoms with van der Waals surface area (Å²) in [6.45, 7) is 6.05. The van der Waals surface area contributed by atoms with E-state index in [4.69, 9.17) is 4.74 Å². The molecule has 1 fully saturated rings. The number of nitrogens with zero attached hydrogens (tertiary/aromatic N) is 2. The lowest BCUT2D eigenvalue weighted by molar-refractivity contribution is 0.0528. The van der Waals surface area contributed by atoms with Gasteiger partial charge in [0.15, 0.2) is 0 Å². The van der Waals surface area contributed by atoms with Gasteiger partial charge in [-0.2, -0.15) is 0 Å². The van der Waals surface area contributed by atoms with Gasteiger partial charge < -0.3 is 14.2 Å². The average Bonchev–Trinajstić information content (AvgIpc) is 2.51. The van der Waals surface area contributed by atoms with E-state index in [9.17, 15) is 9.35 Å². The molecule has 0 spiro atoms. The maximum atomic E-state index is 12.2. The summed E-state index contributed by atoms with van der Waals surface area (Å²) in [4.78, 5) is 18.7. The van der Waals surface area contributed by atoms with E-state index < -0.39 is 11.2 Å². The van der Waals surface area contributed by atoms with Crippen LogP contribution >= 0.6 is 0 Å². The number of anilines is 1. The van der Waals surface area contributed by atoms with Gasteiger partial charge in [0.05, 0.1) is 23.9 Å². The molecule has 128 valence electrons. The summed E-state index contributed by atoms with van der Waals surface area (Å²) in [7, 11) is 0. The third-order valence-corrected chi connectivity index (χ3v) is 5.39. The molecule has 6 heteroatoms. The van der Waals surface area contributed by atoms with Crippen molar-refractivity contribution < 1.29 is 14.1 Å². The largest absolute Gasteiger partial charge is 0.617 e. The van der Waals surface area contributed by atoms with Gasteiger partial charge in [-0.1, -0.05) is 18.1 Å². The monoisotopic (exact) mass is 346 g/mol. The Morgan fingerprint density at radius 2 is 2.17 bits per heavy atom. The molecule has 5 nitrogen and oxygen atoms in total. The van der Waals surface area contributed by atoms with Crippen molar-refractivity contribution in [2.75, 3.05) is 36.6 Å². The Balaban J connectivity index is 1.86. The van der Waals surface area contributed by atoms with E-state index in [2.05, 4.69) is 16.8 Å². The molecular formula is C18H22N2O3S. The van der Waals surface area contributed by atoms with E-state index in [-0.39, 0.29) is 11.4 Å². The minimum atomic E-state index is -0.787. The molecule has 1 aliphatic heterocycles. The Labute approximate surface area is 145 Å². The Morgan fingerprint density at radius 1 is 1.42 bits per heavy atom. The van der Waals surface area contributed by atoms with Crippen molar-refractivity contribution >= 4 is 33.7 Å². The number of esters is 1. The highest BCUT2D eigenvalue weighted by Crippen LogP contribution is 2.36. The minimum Gasteiger partial charge on any atom is -0.617 e. The van der Waals surface area contributed by atoms with Crippen molar-refractivity contribution in [3.63, 3.8) is 0 Å². The molecule has 2 aromatic rings. The summed E-state index contributed by atoms with van der Waals surface area (Å²) in [6, 6.07) is 7.65. The van der Waals surface area contributed by atoms with Gasteiger partial charge in [0.2, 0.25) is 0 Å². The van der Waals surface area contributed by atoms with E-state index in [0.717, 1.165) is 29.7 Å². The normalized spacial score (nSPS) is 17.4. The number of carbonyl (C=O) groups is 1. The number of pyridine rings is 1.